The van der Waals surface area contributed by atoms with Crippen molar-refractivity contribution in [3.63, 3.8) is 0 Å². The van der Waals surface area contributed by atoms with Crippen LogP contribution in [0.3, 0.4) is 0 Å². The summed E-state index contributed by atoms with van der Waals surface area (Å²) in [6, 6.07) is 3.81. The molecule has 0 saturated heterocycles. The zero-order chi connectivity index (χ0) is 17.7. The van der Waals surface area contributed by atoms with Gasteiger partial charge >= 0.3 is 5.97 Å². The SMILES string of the molecule is Cc1c(C(=O)Oc2ccc(F)cc2Br)sc2nc3n(c(=O)c12)CCC3. The third-order valence-electron chi connectivity index (χ3n) is 4.19. The number of carbonyl (C=O) groups excluding carboxylic acids is 1. The Morgan fingerprint density at radius 3 is 3.00 bits per heavy atom. The van der Waals surface area contributed by atoms with Crippen molar-refractivity contribution in [1.82, 2.24) is 9.55 Å². The minimum absolute atomic E-state index is 0.103. The highest BCUT2D eigenvalue weighted by molar-refractivity contribution is 9.10. The number of halogens is 2. The summed E-state index contributed by atoms with van der Waals surface area (Å²) >= 11 is 4.32. The average Bonchev–Trinajstić information content (AvgIpc) is 3.15. The molecule has 4 rings (SSSR count). The van der Waals surface area contributed by atoms with E-state index in [2.05, 4.69) is 20.9 Å². The van der Waals surface area contributed by atoms with Crippen molar-refractivity contribution in [3.8, 4) is 5.75 Å². The Bertz CT molecular complexity index is 1090. The van der Waals surface area contributed by atoms with E-state index in [0.717, 1.165) is 30.0 Å². The molecule has 0 amide bonds. The monoisotopic (exact) mass is 422 g/mol. The number of benzene rings is 1. The minimum atomic E-state index is -0.586. The number of nitrogens with zero attached hydrogens (tertiary/aromatic N) is 2. The van der Waals surface area contributed by atoms with Crippen LogP contribution in [0.1, 0.15) is 27.5 Å². The normalized spacial score (nSPS) is 13.2. The zero-order valence-corrected chi connectivity index (χ0v) is 15.5. The first-order valence-corrected chi connectivity index (χ1v) is 9.26. The summed E-state index contributed by atoms with van der Waals surface area (Å²) in [7, 11) is 0. The summed E-state index contributed by atoms with van der Waals surface area (Å²) in [6.45, 7) is 2.38. The topological polar surface area (TPSA) is 61.2 Å². The van der Waals surface area contributed by atoms with Crippen molar-refractivity contribution in [2.45, 2.75) is 26.3 Å². The van der Waals surface area contributed by atoms with Crippen LogP contribution in [0.25, 0.3) is 10.2 Å². The number of carbonyl (C=O) groups is 1. The van der Waals surface area contributed by atoms with Crippen LogP contribution in [0.2, 0.25) is 0 Å². The largest absolute Gasteiger partial charge is 0.421 e. The number of thiophene rings is 1. The molecule has 1 aliphatic heterocycles. The van der Waals surface area contributed by atoms with E-state index in [9.17, 15) is 14.0 Å². The van der Waals surface area contributed by atoms with Gasteiger partial charge in [0, 0.05) is 13.0 Å². The maximum atomic E-state index is 13.2. The fourth-order valence-electron chi connectivity index (χ4n) is 2.97. The number of aryl methyl sites for hydroxylation is 2. The highest BCUT2D eigenvalue weighted by atomic mass is 79.9. The lowest BCUT2D eigenvalue weighted by molar-refractivity contribution is 0.0738. The summed E-state index contributed by atoms with van der Waals surface area (Å²) in [6.07, 6.45) is 1.68. The summed E-state index contributed by atoms with van der Waals surface area (Å²) < 4.78 is 20.5. The van der Waals surface area contributed by atoms with Gasteiger partial charge in [0.05, 0.1) is 9.86 Å². The van der Waals surface area contributed by atoms with E-state index in [-0.39, 0.29) is 11.3 Å². The number of rotatable bonds is 2. The quantitative estimate of drug-likeness (QED) is 0.464. The molecule has 1 aromatic carbocycles. The third kappa shape index (κ3) is 2.69. The molecule has 0 radical (unpaired) electrons. The van der Waals surface area contributed by atoms with Gasteiger partial charge < -0.3 is 4.74 Å². The first-order valence-electron chi connectivity index (χ1n) is 7.65. The lowest BCUT2D eigenvalue weighted by Crippen LogP contribution is -2.20. The van der Waals surface area contributed by atoms with Crippen LogP contribution in [-0.4, -0.2) is 15.5 Å². The first kappa shape index (κ1) is 16.4. The zero-order valence-electron chi connectivity index (χ0n) is 13.1. The Balaban J connectivity index is 1.77. The van der Waals surface area contributed by atoms with Crippen LogP contribution < -0.4 is 10.3 Å². The van der Waals surface area contributed by atoms with E-state index < -0.39 is 11.8 Å². The highest BCUT2D eigenvalue weighted by Gasteiger charge is 2.24. The van der Waals surface area contributed by atoms with Gasteiger partial charge in [0.25, 0.3) is 5.56 Å². The molecular weight excluding hydrogens is 411 g/mol. The molecular formula is C17H12BrFN2O3S. The van der Waals surface area contributed by atoms with Gasteiger partial charge in [0.15, 0.2) is 0 Å². The molecule has 0 saturated carbocycles. The van der Waals surface area contributed by atoms with E-state index in [1.165, 1.54) is 18.2 Å². The van der Waals surface area contributed by atoms with Gasteiger partial charge in [-0.05, 0) is 53.0 Å². The van der Waals surface area contributed by atoms with Gasteiger partial charge in [-0.15, -0.1) is 11.3 Å². The van der Waals surface area contributed by atoms with Crippen LogP contribution >= 0.6 is 27.3 Å². The van der Waals surface area contributed by atoms with Crippen molar-refractivity contribution in [2.75, 3.05) is 0 Å². The predicted molar refractivity (Wildman–Crippen MR) is 96.0 cm³/mol. The maximum absolute atomic E-state index is 13.2. The molecule has 0 unspecified atom stereocenters. The average molecular weight is 423 g/mol. The molecule has 0 fully saturated rings. The highest BCUT2D eigenvalue weighted by Crippen LogP contribution is 2.31. The predicted octanol–water partition coefficient (Wildman–Crippen LogP) is 3.83. The second-order valence-corrected chi connectivity index (χ2v) is 7.64. The van der Waals surface area contributed by atoms with Crippen LogP contribution in [0.5, 0.6) is 5.75 Å². The molecule has 0 aliphatic carbocycles. The lowest BCUT2D eigenvalue weighted by atomic mass is 10.2. The number of aromatic nitrogens is 2. The van der Waals surface area contributed by atoms with Gasteiger partial charge in [0.2, 0.25) is 0 Å². The van der Waals surface area contributed by atoms with Crippen molar-refractivity contribution < 1.29 is 13.9 Å². The Labute approximate surface area is 154 Å². The number of ether oxygens (including phenoxy) is 1. The number of esters is 1. The van der Waals surface area contributed by atoms with E-state index in [1.807, 2.05) is 0 Å². The number of hydrogen-bond donors (Lipinski definition) is 0. The molecule has 3 aromatic rings. The number of hydrogen-bond acceptors (Lipinski definition) is 5. The lowest BCUT2D eigenvalue weighted by Gasteiger charge is -2.05. The van der Waals surface area contributed by atoms with Crippen molar-refractivity contribution in [3.05, 3.63) is 55.1 Å². The van der Waals surface area contributed by atoms with E-state index in [0.29, 0.717) is 31.7 Å². The molecule has 2 aromatic heterocycles. The van der Waals surface area contributed by atoms with Crippen molar-refractivity contribution in [2.24, 2.45) is 0 Å². The summed E-state index contributed by atoms with van der Waals surface area (Å²) in [5.74, 6) is -0.0378. The molecule has 3 heterocycles. The Hall–Kier alpha value is -2.06. The van der Waals surface area contributed by atoms with Gasteiger partial charge in [-0.2, -0.15) is 0 Å². The molecule has 128 valence electrons. The fraction of sp³-hybridized carbons (Fsp3) is 0.235. The standard InChI is InChI=1S/C17H12BrFN2O3S/c1-8-13-15(20-12-3-2-6-21(12)16(13)22)25-14(8)17(23)24-11-5-4-9(19)7-10(11)18/h4-5,7H,2-3,6H2,1H3. The van der Waals surface area contributed by atoms with Gasteiger partial charge in [-0.25, -0.2) is 14.2 Å². The molecule has 25 heavy (non-hydrogen) atoms. The van der Waals surface area contributed by atoms with E-state index >= 15 is 0 Å². The van der Waals surface area contributed by atoms with Crippen LogP contribution in [0, 0.1) is 12.7 Å². The molecule has 0 spiro atoms. The van der Waals surface area contributed by atoms with Gasteiger partial charge in [0.1, 0.15) is 27.1 Å². The van der Waals surface area contributed by atoms with Crippen LogP contribution in [0.4, 0.5) is 4.39 Å². The number of fused-ring (bicyclic) bond motifs is 2. The first-order chi connectivity index (χ1) is 12.0. The molecule has 5 nitrogen and oxygen atoms in total. The third-order valence-corrected chi connectivity index (χ3v) is 5.98. The fourth-order valence-corrected chi connectivity index (χ4v) is 4.47. The second-order valence-electron chi connectivity index (χ2n) is 5.79. The molecule has 0 atom stereocenters. The molecule has 1 aliphatic rings. The van der Waals surface area contributed by atoms with E-state index in [4.69, 9.17) is 4.74 Å². The Morgan fingerprint density at radius 2 is 2.24 bits per heavy atom. The molecule has 0 bridgehead atoms. The van der Waals surface area contributed by atoms with Crippen LogP contribution in [0.15, 0.2) is 27.5 Å². The molecule has 0 N–H and O–H groups in total. The summed E-state index contributed by atoms with van der Waals surface area (Å²) in [5, 5.41) is 0.473. The van der Waals surface area contributed by atoms with Crippen molar-refractivity contribution >= 4 is 43.5 Å². The Morgan fingerprint density at radius 1 is 1.44 bits per heavy atom. The smallest absolute Gasteiger partial charge is 0.354 e. The van der Waals surface area contributed by atoms with Gasteiger partial charge in [-0.3, -0.25) is 9.36 Å². The molecule has 8 heteroatoms. The summed E-state index contributed by atoms with van der Waals surface area (Å²) in [4.78, 5) is 30.6. The van der Waals surface area contributed by atoms with Gasteiger partial charge in [-0.1, -0.05) is 0 Å². The second kappa shape index (κ2) is 6.03. The minimum Gasteiger partial charge on any atom is -0.421 e. The van der Waals surface area contributed by atoms with Crippen molar-refractivity contribution in [1.29, 1.82) is 0 Å². The Kier molecular flexibility index (Phi) is 3.96. The van der Waals surface area contributed by atoms with Crippen LogP contribution in [-0.2, 0) is 13.0 Å². The summed E-state index contributed by atoms with van der Waals surface area (Å²) in [5.41, 5.74) is 0.469. The van der Waals surface area contributed by atoms with E-state index in [1.54, 1.807) is 11.5 Å². The maximum Gasteiger partial charge on any atom is 0.354 e.